The summed E-state index contributed by atoms with van der Waals surface area (Å²) in [6, 6.07) is 8.37. The van der Waals surface area contributed by atoms with Gasteiger partial charge in [-0.3, -0.25) is 0 Å². The lowest BCUT2D eigenvalue weighted by atomic mass is 10.1. The van der Waals surface area contributed by atoms with Crippen LogP contribution in [0.15, 0.2) is 40.9 Å². The number of rotatable bonds is 4. The molecule has 0 unspecified atom stereocenters. The second-order valence-corrected chi connectivity index (χ2v) is 5.32. The van der Waals surface area contributed by atoms with E-state index in [0.29, 0.717) is 21.3 Å². The zero-order chi connectivity index (χ0) is 14.7. The average Bonchev–Trinajstić information content (AvgIpc) is 2.40. The molecular weight excluding hydrogens is 348 g/mol. The van der Waals surface area contributed by atoms with Crippen molar-refractivity contribution >= 4 is 33.1 Å². The summed E-state index contributed by atoms with van der Waals surface area (Å²) in [6.45, 7) is 0.0858. The zero-order valence-electron chi connectivity index (χ0n) is 10.2. The largest absolute Gasteiger partial charge is 0.489 e. The van der Waals surface area contributed by atoms with Gasteiger partial charge in [-0.1, -0.05) is 12.2 Å². The van der Waals surface area contributed by atoms with E-state index in [-0.39, 0.29) is 17.4 Å². The molecule has 0 bridgehead atoms. The summed E-state index contributed by atoms with van der Waals surface area (Å²) < 4.78 is 32.1. The molecule has 0 heterocycles. The van der Waals surface area contributed by atoms with Crippen molar-refractivity contribution < 1.29 is 13.5 Å². The molecule has 0 saturated carbocycles. The van der Waals surface area contributed by atoms with Gasteiger partial charge in [0.05, 0.1) is 4.47 Å². The number of hydrogen-bond donors (Lipinski definition) is 1. The molecule has 0 aliphatic rings. The lowest BCUT2D eigenvalue weighted by molar-refractivity contribution is 0.304. The van der Waals surface area contributed by atoms with Crippen LogP contribution in [0.4, 0.5) is 8.78 Å². The predicted molar refractivity (Wildman–Crippen MR) is 80.7 cm³/mol. The summed E-state index contributed by atoms with van der Waals surface area (Å²) in [5, 5.41) is 0. The number of benzene rings is 2. The standard InChI is InChI=1S/C14H10BrF2NOS/c15-12-6-10(2-4-13(12)17)19-7-8-5-9(16)1-3-11(8)14(18)20/h1-6H,7H2,(H2,18,20). The van der Waals surface area contributed by atoms with Crippen LogP contribution in [0.2, 0.25) is 0 Å². The van der Waals surface area contributed by atoms with E-state index in [2.05, 4.69) is 15.9 Å². The van der Waals surface area contributed by atoms with Gasteiger partial charge in [0.25, 0.3) is 0 Å². The molecular formula is C14H10BrF2NOS. The van der Waals surface area contributed by atoms with Crippen molar-refractivity contribution in [3.63, 3.8) is 0 Å². The van der Waals surface area contributed by atoms with Crippen LogP contribution in [-0.4, -0.2) is 4.99 Å². The van der Waals surface area contributed by atoms with Gasteiger partial charge in [0.15, 0.2) is 0 Å². The molecule has 20 heavy (non-hydrogen) atoms. The van der Waals surface area contributed by atoms with E-state index < -0.39 is 5.82 Å². The van der Waals surface area contributed by atoms with Crippen LogP contribution in [0, 0.1) is 11.6 Å². The lowest BCUT2D eigenvalue weighted by Crippen LogP contribution is -2.13. The molecule has 0 amide bonds. The number of hydrogen-bond acceptors (Lipinski definition) is 2. The molecule has 104 valence electrons. The second-order valence-electron chi connectivity index (χ2n) is 4.03. The Morgan fingerprint density at radius 3 is 2.60 bits per heavy atom. The molecule has 2 rings (SSSR count). The molecule has 0 aliphatic heterocycles. The van der Waals surface area contributed by atoms with Crippen LogP contribution in [0.25, 0.3) is 0 Å². The number of nitrogens with two attached hydrogens (primary N) is 1. The van der Waals surface area contributed by atoms with Crippen LogP contribution in [0.1, 0.15) is 11.1 Å². The van der Waals surface area contributed by atoms with Crippen LogP contribution in [-0.2, 0) is 6.61 Å². The molecule has 2 aromatic carbocycles. The van der Waals surface area contributed by atoms with Gasteiger partial charge in [-0.15, -0.1) is 0 Å². The van der Waals surface area contributed by atoms with Crippen molar-refractivity contribution in [2.45, 2.75) is 6.61 Å². The Morgan fingerprint density at radius 1 is 1.20 bits per heavy atom. The topological polar surface area (TPSA) is 35.2 Å². The van der Waals surface area contributed by atoms with Gasteiger partial charge in [0, 0.05) is 11.1 Å². The number of halogens is 3. The Balaban J connectivity index is 2.20. The maximum absolute atomic E-state index is 13.3. The highest BCUT2D eigenvalue weighted by molar-refractivity contribution is 9.10. The fourth-order valence-electron chi connectivity index (χ4n) is 1.65. The summed E-state index contributed by atoms with van der Waals surface area (Å²) in [5.41, 5.74) is 6.67. The first-order valence-corrected chi connectivity index (χ1v) is 6.83. The third kappa shape index (κ3) is 3.52. The smallest absolute Gasteiger partial charge is 0.137 e. The summed E-state index contributed by atoms with van der Waals surface area (Å²) in [4.78, 5) is 0.170. The van der Waals surface area contributed by atoms with Gasteiger partial charge in [-0.05, 0) is 52.3 Å². The molecule has 2 N–H and O–H groups in total. The molecule has 2 aromatic rings. The normalized spacial score (nSPS) is 10.3. The van der Waals surface area contributed by atoms with Crippen molar-refractivity contribution in [3.05, 3.63) is 63.6 Å². The third-order valence-corrected chi connectivity index (χ3v) is 3.45. The van der Waals surface area contributed by atoms with Crippen LogP contribution >= 0.6 is 28.1 Å². The van der Waals surface area contributed by atoms with E-state index in [1.54, 1.807) is 0 Å². The molecule has 0 aliphatic carbocycles. The van der Waals surface area contributed by atoms with Crippen molar-refractivity contribution in [3.8, 4) is 5.75 Å². The van der Waals surface area contributed by atoms with Crippen LogP contribution < -0.4 is 10.5 Å². The van der Waals surface area contributed by atoms with Crippen LogP contribution in [0.5, 0.6) is 5.75 Å². The van der Waals surface area contributed by atoms with E-state index in [0.717, 1.165) is 0 Å². The molecule has 2 nitrogen and oxygen atoms in total. The summed E-state index contributed by atoms with van der Waals surface area (Å²) in [5.74, 6) is -0.327. The van der Waals surface area contributed by atoms with Crippen molar-refractivity contribution in [2.24, 2.45) is 5.73 Å². The maximum Gasteiger partial charge on any atom is 0.137 e. The zero-order valence-corrected chi connectivity index (χ0v) is 12.6. The Bertz CT molecular complexity index is 664. The first-order chi connectivity index (χ1) is 9.47. The number of ether oxygens (including phenoxy) is 1. The van der Waals surface area contributed by atoms with Gasteiger partial charge in [0.2, 0.25) is 0 Å². The number of thiocarbonyl (C=S) groups is 1. The van der Waals surface area contributed by atoms with E-state index in [9.17, 15) is 8.78 Å². The Labute approximate surface area is 128 Å². The summed E-state index contributed by atoms with van der Waals surface area (Å²) in [7, 11) is 0. The fraction of sp³-hybridized carbons (Fsp3) is 0.0714. The third-order valence-electron chi connectivity index (χ3n) is 2.62. The molecule has 0 saturated heterocycles. The SMILES string of the molecule is NC(=S)c1ccc(F)cc1COc1ccc(F)c(Br)c1. The predicted octanol–water partition coefficient (Wildman–Crippen LogP) is 3.94. The van der Waals surface area contributed by atoms with Crippen molar-refractivity contribution in [2.75, 3.05) is 0 Å². The Hall–Kier alpha value is -1.53. The Kier molecular flexibility index (Phi) is 4.67. The maximum atomic E-state index is 13.3. The van der Waals surface area contributed by atoms with E-state index in [1.807, 2.05) is 0 Å². The van der Waals surface area contributed by atoms with Gasteiger partial charge >= 0.3 is 0 Å². The minimum Gasteiger partial charge on any atom is -0.489 e. The van der Waals surface area contributed by atoms with E-state index in [1.165, 1.54) is 36.4 Å². The molecule has 0 spiro atoms. The Morgan fingerprint density at radius 2 is 1.95 bits per heavy atom. The minimum atomic E-state index is -0.399. The summed E-state index contributed by atoms with van der Waals surface area (Å²) in [6.07, 6.45) is 0. The molecule has 6 heteroatoms. The van der Waals surface area contributed by atoms with Gasteiger partial charge in [0.1, 0.15) is 29.0 Å². The van der Waals surface area contributed by atoms with Gasteiger partial charge < -0.3 is 10.5 Å². The average molecular weight is 358 g/mol. The van der Waals surface area contributed by atoms with Gasteiger partial charge in [-0.25, -0.2) is 8.78 Å². The van der Waals surface area contributed by atoms with Crippen LogP contribution in [0.3, 0.4) is 0 Å². The lowest BCUT2D eigenvalue weighted by Gasteiger charge is -2.11. The highest BCUT2D eigenvalue weighted by Gasteiger charge is 2.08. The highest BCUT2D eigenvalue weighted by atomic mass is 79.9. The van der Waals surface area contributed by atoms with E-state index >= 15 is 0 Å². The summed E-state index contributed by atoms with van der Waals surface area (Å²) >= 11 is 7.97. The highest BCUT2D eigenvalue weighted by Crippen LogP contribution is 2.23. The molecule has 0 atom stereocenters. The minimum absolute atomic E-state index is 0.0858. The van der Waals surface area contributed by atoms with E-state index in [4.69, 9.17) is 22.7 Å². The quantitative estimate of drug-likeness (QED) is 0.841. The first kappa shape index (κ1) is 14.9. The van der Waals surface area contributed by atoms with Crippen molar-refractivity contribution in [1.82, 2.24) is 0 Å². The molecule has 0 radical (unpaired) electrons. The first-order valence-electron chi connectivity index (χ1n) is 5.63. The fourth-order valence-corrected chi connectivity index (χ4v) is 2.21. The monoisotopic (exact) mass is 357 g/mol. The molecule has 0 fully saturated rings. The second kappa shape index (κ2) is 6.28. The molecule has 0 aromatic heterocycles. The van der Waals surface area contributed by atoms with Gasteiger partial charge in [-0.2, -0.15) is 0 Å². The van der Waals surface area contributed by atoms with Crippen molar-refractivity contribution in [1.29, 1.82) is 0 Å².